The Morgan fingerprint density at radius 1 is 1.30 bits per heavy atom. The maximum atomic E-state index is 12.7. The summed E-state index contributed by atoms with van der Waals surface area (Å²) in [5.74, 6) is -1.31. The standard InChI is InChI=1S/C14H15BrF3NO/c1-9(20)12-3-2-11(15)8-13(12)19-6-4-10(5-7-19)14(16,17)18/h2-3,8,10H,4-7H2,1H3. The van der Waals surface area contributed by atoms with Crippen LogP contribution in [0.15, 0.2) is 22.7 Å². The van der Waals surface area contributed by atoms with Crippen LogP contribution < -0.4 is 4.90 Å². The van der Waals surface area contributed by atoms with Gasteiger partial charge in [0, 0.05) is 28.8 Å². The van der Waals surface area contributed by atoms with Gasteiger partial charge in [0.1, 0.15) is 0 Å². The molecule has 0 spiro atoms. The molecule has 1 saturated heterocycles. The van der Waals surface area contributed by atoms with Crippen LogP contribution in [-0.2, 0) is 0 Å². The number of nitrogens with zero attached hydrogens (tertiary/aromatic N) is 1. The predicted octanol–water partition coefficient (Wildman–Crippen LogP) is 4.43. The Hall–Kier alpha value is -1.04. The first kappa shape index (κ1) is 15.4. The molecule has 1 fully saturated rings. The first-order chi connectivity index (χ1) is 9.29. The molecule has 0 aliphatic carbocycles. The van der Waals surface area contributed by atoms with E-state index in [1.807, 2.05) is 4.90 Å². The van der Waals surface area contributed by atoms with Crippen LogP contribution in [0.1, 0.15) is 30.1 Å². The number of hydrogen-bond acceptors (Lipinski definition) is 2. The van der Waals surface area contributed by atoms with Crippen LogP contribution in [-0.4, -0.2) is 25.0 Å². The van der Waals surface area contributed by atoms with Gasteiger partial charge in [-0.1, -0.05) is 15.9 Å². The molecule has 110 valence electrons. The van der Waals surface area contributed by atoms with Crippen LogP contribution in [0.5, 0.6) is 0 Å². The van der Waals surface area contributed by atoms with Crippen LogP contribution in [0.4, 0.5) is 18.9 Å². The third-order valence-corrected chi connectivity index (χ3v) is 4.13. The number of benzene rings is 1. The van der Waals surface area contributed by atoms with Crippen molar-refractivity contribution in [3.8, 4) is 0 Å². The fourth-order valence-electron chi connectivity index (χ4n) is 2.51. The van der Waals surface area contributed by atoms with Crippen LogP contribution in [0.3, 0.4) is 0 Å². The van der Waals surface area contributed by atoms with Crippen molar-refractivity contribution in [1.82, 2.24) is 0 Å². The number of halogens is 4. The van der Waals surface area contributed by atoms with Gasteiger partial charge in [0.2, 0.25) is 0 Å². The first-order valence-corrected chi connectivity index (χ1v) is 7.20. The van der Waals surface area contributed by atoms with Gasteiger partial charge in [-0.25, -0.2) is 0 Å². The van der Waals surface area contributed by atoms with Crippen molar-refractivity contribution in [2.45, 2.75) is 25.9 Å². The molecule has 0 atom stereocenters. The van der Waals surface area contributed by atoms with E-state index in [4.69, 9.17) is 0 Å². The molecule has 1 heterocycles. The lowest BCUT2D eigenvalue weighted by molar-refractivity contribution is -0.179. The summed E-state index contributed by atoms with van der Waals surface area (Å²) < 4.78 is 38.8. The monoisotopic (exact) mass is 349 g/mol. The highest BCUT2D eigenvalue weighted by molar-refractivity contribution is 9.10. The lowest BCUT2D eigenvalue weighted by Gasteiger charge is -2.35. The molecule has 1 aromatic rings. The molecular formula is C14H15BrF3NO. The fraction of sp³-hybridized carbons (Fsp3) is 0.500. The molecule has 0 amide bonds. The third kappa shape index (κ3) is 3.34. The van der Waals surface area contributed by atoms with Gasteiger partial charge in [0.25, 0.3) is 0 Å². The number of anilines is 1. The molecule has 1 aliphatic heterocycles. The molecule has 2 rings (SSSR count). The van der Waals surface area contributed by atoms with Crippen molar-refractivity contribution in [1.29, 1.82) is 0 Å². The Labute approximate surface area is 124 Å². The van der Waals surface area contributed by atoms with E-state index in [1.54, 1.807) is 18.2 Å². The molecule has 1 aliphatic rings. The minimum absolute atomic E-state index is 0.0767. The Morgan fingerprint density at radius 2 is 1.90 bits per heavy atom. The Kier molecular flexibility index (Phi) is 4.42. The summed E-state index contributed by atoms with van der Waals surface area (Å²) in [5, 5.41) is 0. The van der Waals surface area contributed by atoms with Gasteiger partial charge in [0.15, 0.2) is 5.78 Å². The van der Waals surface area contributed by atoms with E-state index < -0.39 is 12.1 Å². The molecule has 0 unspecified atom stereocenters. The summed E-state index contributed by atoms with van der Waals surface area (Å²) in [5.41, 5.74) is 1.27. The topological polar surface area (TPSA) is 20.3 Å². The lowest BCUT2D eigenvalue weighted by atomic mass is 9.95. The van der Waals surface area contributed by atoms with Gasteiger partial charge < -0.3 is 4.90 Å². The SMILES string of the molecule is CC(=O)c1ccc(Br)cc1N1CCC(C(F)(F)F)CC1. The highest BCUT2D eigenvalue weighted by Crippen LogP contribution is 2.36. The van der Waals surface area contributed by atoms with Gasteiger partial charge in [0.05, 0.1) is 5.92 Å². The van der Waals surface area contributed by atoms with E-state index in [0.29, 0.717) is 24.3 Å². The largest absolute Gasteiger partial charge is 0.391 e. The van der Waals surface area contributed by atoms with Crippen molar-refractivity contribution in [3.05, 3.63) is 28.2 Å². The van der Waals surface area contributed by atoms with Gasteiger partial charge >= 0.3 is 6.18 Å². The number of ketones is 1. The summed E-state index contributed by atoms with van der Waals surface area (Å²) in [6.45, 7) is 2.11. The average Bonchev–Trinajstić information content (AvgIpc) is 2.37. The number of piperidine rings is 1. The molecule has 0 radical (unpaired) electrons. The quantitative estimate of drug-likeness (QED) is 0.736. The zero-order valence-corrected chi connectivity index (χ0v) is 12.6. The van der Waals surface area contributed by atoms with Gasteiger partial charge in [-0.15, -0.1) is 0 Å². The van der Waals surface area contributed by atoms with E-state index in [1.165, 1.54) is 6.92 Å². The number of rotatable bonds is 2. The second-order valence-corrected chi connectivity index (χ2v) is 5.94. The highest BCUT2D eigenvalue weighted by Gasteiger charge is 2.41. The molecule has 2 nitrogen and oxygen atoms in total. The van der Waals surface area contributed by atoms with E-state index >= 15 is 0 Å². The van der Waals surface area contributed by atoms with Gasteiger partial charge in [-0.2, -0.15) is 13.2 Å². The molecule has 20 heavy (non-hydrogen) atoms. The predicted molar refractivity (Wildman–Crippen MR) is 75.1 cm³/mol. The second kappa shape index (κ2) is 5.76. The summed E-state index contributed by atoms with van der Waals surface area (Å²) in [4.78, 5) is 13.5. The molecule has 1 aromatic carbocycles. The summed E-state index contributed by atoms with van der Waals surface area (Å²) >= 11 is 3.34. The Bertz CT molecular complexity index is 508. The Balaban J connectivity index is 2.18. The first-order valence-electron chi connectivity index (χ1n) is 6.41. The zero-order chi connectivity index (χ0) is 14.9. The molecule has 6 heteroatoms. The van der Waals surface area contributed by atoms with Crippen LogP contribution >= 0.6 is 15.9 Å². The maximum Gasteiger partial charge on any atom is 0.391 e. The smallest absolute Gasteiger partial charge is 0.371 e. The minimum atomic E-state index is -4.12. The van der Waals surface area contributed by atoms with E-state index in [9.17, 15) is 18.0 Å². The number of alkyl halides is 3. The molecule has 0 saturated carbocycles. The number of hydrogen-bond donors (Lipinski definition) is 0. The maximum absolute atomic E-state index is 12.7. The average molecular weight is 350 g/mol. The van der Waals surface area contributed by atoms with Crippen molar-refractivity contribution >= 4 is 27.4 Å². The van der Waals surface area contributed by atoms with E-state index in [0.717, 1.165) is 4.47 Å². The van der Waals surface area contributed by atoms with Crippen LogP contribution in [0, 0.1) is 5.92 Å². The second-order valence-electron chi connectivity index (χ2n) is 5.02. The van der Waals surface area contributed by atoms with Crippen molar-refractivity contribution < 1.29 is 18.0 Å². The number of Topliss-reactive ketones (excluding diaryl/α,β-unsaturated/α-hetero) is 1. The van der Waals surface area contributed by atoms with Crippen LogP contribution in [0.25, 0.3) is 0 Å². The van der Waals surface area contributed by atoms with Crippen molar-refractivity contribution in [3.63, 3.8) is 0 Å². The number of carbonyl (C=O) groups excluding carboxylic acids is 1. The summed E-state index contributed by atoms with van der Waals surface area (Å²) in [6.07, 6.45) is -3.96. The highest BCUT2D eigenvalue weighted by atomic mass is 79.9. The third-order valence-electron chi connectivity index (χ3n) is 3.64. The zero-order valence-electron chi connectivity index (χ0n) is 11.0. The van der Waals surface area contributed by atoms with Crippen molar-refractivity contribution in [2.75, 3.05) is 18.0 Å². The lowest BCUT2D eigenvalue weighted by Crippen LogP contribution is -2.39. The molecular weight excluding hydrogens is 335 g/mol. The Morgan fingerprint density at radius 3 is 2.40 bits per heavy atom. The normalized spacial score (nSPS) is 17.4. The van der Waals surface area contributed by atoms with Crippen LogP contribution in [0.2, 0.25) is 0 Å². The summed E-state index contributed by atoms with van der Waals surface area (Å²) in [7, 11) is 0. The fourth-order valence-corrected chi connectivity index (χ4v) is 2.86. The molecule has 0 aromatic heterocycles. The van der Waals surface area contributed by atoms with Gasteiger partial charge in [-0.05, 0) is 38.0 Å². The molecule has 0 bridgehead atoms. The van der Waals surface area contributed by atoms with E-state index in [-0.39, 0.29) is 18.6 Å². The molecule has 0 N–H and O–H groups in total. The summed E-state index contributed by atoms with van der Waals surface area (Å²) in [6, 6.07) is 5.27. The van der Waals surface area contributed by atoms with Crippen molar-refractivity contribution in [2.24, 2.45) is 5.92 Å². The van der Waals surface area contributed by atoms with Gasteiger partial charge in [-0.3, -0.25) is 4.79 Å². The van der Waals surface area contributed by atoms with E-state index in [2.05, 4.69) is 15.9 Å². The minimum Gasteiger partial charge on any atom is -0.371 e. The number of carbonyl (C=O) groups is 1.